The van der Waals surface area contributed by atoms with E-state index in [1.807, 2.05) is 25.1 Å². The Labute approximate surface area is 121 Å². The van der Waals surface area contributed by atoms with Crippen LogP contribution in [0.3, 0.4) is 0 Å². The highest BCUT2D eigenvalue weighted by Gasteiger charge is 2.46. The minimum Gasteiger partial charge on any atom is -0.299 e. The van der Waals surface area contributed by atoms with Gasteiger partial charge in [0.2, 0.25) is 0 Å². The SMILES string of the molecule is CC1(C(=O)c2ccccc2)CCC(C(C)(C)C)CC1=O. The number of benzene rings is 1. The van der Waals surface area contributed by atoms with Gasteiger partial charge in [-0.2, -0.15) is 0 Å². The molecule has 0 N–H and O–H groups in total. The van der Waals surface area contributed by atoms with Crippen LogP contribution in [0.5, 0.6) is 0 Å². The molecule has 1 fully saturated rings. The fourth-order valence-electron chi connectivity index (χ4n) is 3.04. The summed E-state index contributed by atoms with van der Waals surface area (Å²) in [5.74, 6) is 0.472. The fraction of sp³-hybridized carbons (Fsp3) is 0.556. The maximum atomic E-state index is 12.7. The minimum atomic E-state index is -0.830. The third-order valence-electron chi connectivity index (χ3n) is 4.80. The monoisotopic (exact) mass is 272 g/mol. The summed E-state index contributed by atoms with van der Waals surface area (Å²) in [6.45, 7) is 8.34. The summed E-state index contributed by atoms with van der Waals surface area (Å²) in [4.78, 5) is 25.2. The molecule has 0 saturated heterocycles. The van der Waals surface area contributed by atoms with Crippen molar-refractivity contribution in [2.75, 3.05) is 0 Å². The van der Waals surface area contributed by atoms with Gasteiger partial charge in [-0.1, -0.05) is 51.1 Å². The van der Waals surface area contributed by atoms with Crippen LogP contribution in [0.2, 0.25) is 0 Å². The van der Waals surface area contributed by atoms with Gasteiger partial charge in [0.25, 0.3) is 0 Å². The Balaban J connectivity index is 2.21. The van der Waals surface area contributed by atoms with Crippen LogP contribution >= 0.6 is 0 Å². The van der Waals surface area contributed by atoms with Gasteiger partial charge in [-0.25, -0.2) is 0 Å². The number of hydrogen-bond acceptors (Lipinski definition) is 2. The third kappa shape index (κ3) is 2.70. The predicted octanol–water partition coefficient (Wildman–Crippen LogP) is 4.29. The first-order valence-corrected chi connectivity index (χ1v) is 7.38. The maximum absolute atomic E-state index is 12.7. The maximum Gasteiger partial charge on any atom is 0.176 e. The first-order valence-electron chi connectivity index (χ1n) is 7.38. The van der Waals surface area contributed by atoms with Crippen molar-refractivity contribution in [2.45, 2.75) is 47.0 Å². The summed E-state index contributed by atoms with van der Waals surface area (Å²) in [6, 6.07) is 9.19. The van der Waals surface area contributed by atoms with Crippen LogP contribution in [0.4, 0.5) is 0 Å². The zero-order valence-electron chi connectivity index (χ0n) is 12.9. The van der Waals surface area contributed by atoms with E-state index in [1.165, 1.54) is 0 Å². The first-order chi connectivity index (χ1) is 9.25. The molecule has 2 unspecified atom stereocenters. The van der Waals surface area contributed by atoms with Gasteiger partial charge in [0.15, 0.2) is 5.78 Å². The summed E-state index contributed by atoms with van der Waals surface area (Å²) < 4.78 is 0. The molecule has 2 rings (SSSR count). The molecule has 2 nitrogen and oxygen atoms in total. The Hall–Kier alpha value is -1.44. The van der Waals surface area contributed by atoms with Crippen molar-refractivity contribution in [3.8, 4) is 0 Å². The van der Waals surface area contributed by atoms with E-state index >= 15 is 0 Å². The summed E-state index contributed by atoms with van der Waals surface area (Å²) >= 11 is 0. The summed E-state index contributed by atoms with van der Waals surface area (Å²) in [5, 5.41) is 0. The van der Waals surface area contributed by atoms with Gasteiger partial charge in [-0.3, -0.25) is 9.59 Å². The van der Waals surface area contributed by atoms with E-state index in [-0.39, 0.29) is 17.0 Å². The number of carbonyl (C=O) groups is 2. The summed E-state index contributed by atoms with van der Waals surface area (Å²) in [7, 11) is 0. The van der Waals surface area contributed by atoms with Crippen LogP contribution in [-0.2, 0) is 4.79 Å². The number of ketones is 2. The Morgan fingerprint density at radius 2 is 1.80 bits per heavy atom. The molecule has 1 saturated carbocycles. The molecule has 1 aliphatic rings. The normalized spacial score (nSPS) is 27.4. The fourth-order valence-corrected chi connectivity index (χ4v) is 3.04. The van der Waals surface area contributed by atoms with Gasteiger partial charge >= 0.3 is 0 Å². The smallest absolute Gasteiger partial charge is 0.176 e. The van der Waals surface area contributed by atoms with Crippen molar-refractivity contribution in [2.24, 2.45) is 16.7 Å². The number of rotatable bonds is 2. The van der Waals surface area contributed by atoms with Gasteiger partial charge in [-0.15, -0.1) is 0 Å². The Bertz CT molecular complexity index is 510. The second-order valence-electron chi connectivity index (χ2n) is 7.26. The molecule has 0 amide bonds. The van der Waals surface area contributed by atoms with Crippen LogP contribution in [0.25, 0.3) is 0 Å². The third-order valence-corrected chi connectivity index (χ3v) is 4.80. The van der Waals surface area contributed by atoms with E-state index in [2.05, 4.69) is 20.8 Å². The molecule has 1 aromatic rings. The summed E-state index contributed by atoms with van der Waals surface area (Å²) in [5.41, 5.74) is -0.0480. The highest BCUT2D eigenvalue weighted by Crippen LogP contribution is 2.44. The standard InChI is InChI=1S/C18H24O2/c1-17(2,3)14-10-11-18(4,15(19)12-14)16(20)13-8-6-5-7-9-13/h5-9,14H,10-12H2,1-4H3. The number of carbonyl (C=O) groups excluding carboxylic acids is 2. The van der Waals surface area contributed by atoms with Crippen LogP contribution in [0.1, 0.15) is 57.3 Å². The van der Waals surface area contributed by atoms with E-state index in [4.69, 9.17) is 0 Å². The van der Waals surface area contributed by atoms with Crippen molar-refractivity contribution in [1.29, 1.82) is 0 Å². The molecule has 1 aliphatic carbocycles. The van der Waals surface area contributed by atoms with Gasteiger partial charge in [-0.05, 0) is 31.1 Å². The van der Waals surface area contributed by atoms with Gasteiger partial charge < -0.3 is 0 Å². The molecule has 1 aromatic carbocycles. The van der Waals surface area contributed by atoms with Crippen LogP contribution in [-0.4, -0.2) is 11.6 Å². The molecule has 20 heavy (non-hydrogen) atoms. The van der Waals surface area contributed by atoms with Gasteiger partial charge in [0, 0.05) is 12.0 Å². The van der Waals surface area contributed by atoms with Crippen LogP contribution in [0, 0.1) is 16.7 Å². The molecule has 0 heterocycles. The lowest BCUT2D eigenvalue weighted by molar-refractivity contribution is -0.130. The minimum absolute atomic E-state index is 0.0181. The lowest BCUT2D eigenvalue weighted by Crippen LogP contribution is -2.43. The molecule has 108 valence electrons. The quantitative estimate of drug-likeness (QED) is 0.594. The molecule has 0 bridgehead atoms. The topological polar surface area (TPSA) is 34.1 Å². The van der Waals surface area contributed by atoms with E-state index in [9.17, 15) is 9.59 Å². The van der Waals surface area contributed by atoms with E-state index < -0.39 is 5.41 Å². The Morgan fingerprint density at radius 3 is 2.30 bits per heavy atom. The van der Waals surface area contributed by atoms with Crippen molar-refractivity contribution >= 4 is 11.6 Å². The number of Topliss-reactive ketones (excluding diaryl/α,β-unsaturated/α-hetero) is 2. The summed E-state index contributed by atoms with van der Waals surface area (Å²) in [6.07, 6.45) is 2.14. The number of hydrogen-bond donors (Lipinski definition) is 0. The highest BCUT2D eigenvalue weighted by molar-refractivity contribution is 6.14. The Kier molecular flexibility index (Phi) is 3.86. The largest absolute Gasteiger partial charge is 0.299 e. The van der Waals surface area contributed by atoms with Gasteiger partial charge in [0.1, 0.15) is 5.78 Å². The second kappa shape index (κ2) is 5.16. The van der Waals surface area contributed by atoms with Crippen molar-refractivity contribution < 1.29 is 9.59 Å². The molecule has 0 aliphatic heterocycles. The molecule has 2 atom stereocenters. The lowest BCUT2D eigenvalue weighted by Gasteiger charge is -2.40. The molecule has 0 spiro atoms. The Morgan fingerprint density at radius 1 is 1.20 bits per heavy atom. The van der Waals surface area contributed by atoms with Crippen LogP contribution in [0.15, 0.2) is 30.3 Å². The molecule has 2 heteroatoms. The zero-order chi connectivity index (χ0) is 15.0. The molecular formula is C18H24O2. The van der Waals surface area contributed by atoms with Crippen molar-refractivity contribution in [1.82, 2.24) is 0 Å². The highest BCUT2D eigenvalue weighted by atomic mass is 16.2. The first kappa shape index (κ1) is 15.0. The average Bonchev–Trinajstić information content (AvgIpc) is 2.41. The second-order valence-corrected chi connectivity index (χ2v) is 7.26. The van der Waals surface area contributed by atoms with Gasteiger partial charge in [0.05, 0.1) is 5.41 Å². The van der Waals surface area contributed by atoms with E-state index in [0.717, 1.165) is 6.42 Å². The van der Waals surface area contributed by atoms with E-state index in [0.29, 0.717) is 24.3 Å². The lowest BCUT2D eigenvalue weighted by atomic mass is 9.62. The van der Waals surface area contributed by atoms with E-state index in [1.54, 1.807) is 12.1 Å². The average molecular weight is 272 g/mol. The molecule has 0 aromatic heterocycles. The predicted molar refractivity (Wildman–Crippen MR) is 80.7 cm³/mol. The molecule has 0 radical (unpaired) electrons. The molecular weight excluding hydrogens is 248 g/mol. The van der Waals surface area contributed by atoms with Crippen molar-refractivity contribution in [3.63, 3.8) is 0 Å². The zero-order valence-corrected chi connectivity index (χ0v) is 12.9. The van der Waals surface area contributed by atoms with Crippen LogP contribution < -0.4 is 0 Å². The van der Waals surface area contributed by atoms with Crippen molar-refractivity contribution in [3.05, 3.63) is 35.9 Å².